The summed E-state index contributed by atoms with van der Waals surface area (Å²) in [4.78, 5) is 22.0. The standard InChI is InChI=1S/C11H22N2O3/c1-4-5-9(11(15)16)12-7-6-10(14)13-8(2)3/h8-9,12H,4-7H2,1-3H3,(H,13,14)(H,15,16). The first kappa shape index (κ1) is 14.9. The van der Waals surface area contributed by atoms with Crippen molar-refractivity contribution in [2.45, 2.75) is 52.1 Å². The summed E-state index contributed by atoms with van der Waals surface area (Å²) in [7, 11) is 0. The van der Waals surface area contributed by atoms with Gasteiger partial charge < -0.3 is 15.7 Å². The number of hydrogen-bond donors (Lipinski definition) is 3. The number of aliphatic carboxylic acids is 1. The minimum absolute atomic E-state index is 0.0527. The number of amides is 1. The maximum absolute atomic E-state index is 11.3. The molecule has 0 aromatic rings. The zero-order valence-electron chi connectivity index (χ0n) is 10.2. The summed E-state index contributed by atoms with van der Waals surface area (Å²) in [6, 6.07) is -0.421. The molecule has 1 unspecified atom stereocenters. The Labute approximate surface area is 96.6 Å². The van der Waals surface area contributed by atoms with E-state index < -0.39 is 12.0 Å². The average Bonchev–Trinajstić information content (AvgIpc) is 2.15. The van der Waals surface area contributed by atoms with Crippen molar-refractivity contribution in [3.63, 3.8) is 0 Å². The fourth-order valence-corrected chi connectivity index (χ4v) is 1.36. The van der Waals surface area contributed by atoms with E-state index in [1.54, 1.807) is 0 Å². The SMILES string of the molecule is CCCC(NCCC(=O)NC(C)C)C(=O)O. The molecule has 0 aromatic heterocycles. The maximum atomic E-state index is 11.3. The van der Waals surface area contributed by atoms with Crippen LogP contribution in [-0.4, -0.2) is 35.6 Å². The van der Waals surface area contributed by atoms with E-state index in [-0.39, 0.29) is 11.9 Å². The van der Waals surface area contributed by atoms with E-state index in [4.69, 9.17) is 5.11 Å². The first-order chi connectivity index (χ1) is 7.47. The highest BCUT2D eigenvalue weighted by atomic mass is 16.4. The molecule has 1 atom stereocenters. The molecule has 0 bridgehead atoms. The summed E-state index contributed by atoms with van der Waals surface area (Å²) in [6.45, 7) is 6.11. The summed E-state index contributed by atoms with van der Waals surface area (Å²) in [5.41, 5.74) is 0. The summed E-state index contributed by atoms with van der Waals surface area (Å²) in [5.74, 6) is -0.908. The van der Waals surface area contributed by atoms with Crippen LogP contribution in [0.2, 0.25) is 0 Å². The summed E-state index contributed by atoms with van der Waals surface area (Å²) in [5, 5.41) is 14.5. The van der Waals surface area contributed by atoms with Gasteiger partial charge in [0.25, 0.3) is 0 Å². The van der Waals surface area contributed by atoms with Gasteiger partial charge in [-0.2, -0.15) is 0 Å². The largest absolute Gasteiger partial charge is 0.480 e. The van der Waals surface area contributed by atoms with Crippen LogP contribution in [0.25, 0.3) is 0 Å². The van der Waals surface area contributed by atoms with Crippen molar-refractivity contribution >= 4 is 11.9 Å². The van der Waals surface area contributed by atoms with Crippen molar-refractivity contribution in [3.8, 4) is 0 Å². The first-order valence-electron chi connectivity index (χ1n) is 5.73. The molecule has 0 aromatic carbocycles. The third-order valence-corrected chi connectivity index (χ3v) is 2.07. The smallest absolute Gasteiger partial charge is 0.320 e. The predicted molar refractivity (Wildman–Crippen MR) is 62.2 cm³/mol. The van der Waals surface area contributed by atoms with E-state index in [1.165, 1.54) is 0 Å². The Hall–Kier alpha value is -1.10. The van der Waals surface area contributed by atoms with Gasteiger partial charge in [0.05, 0.1) is 0 Å². The highest BCUT2D eigenvalue weighted by Gasteiger charge is 2.15. The Morgan fingerprint density at radius 2 is 1.94 bits per heavy atom. The van der Waals surface area contributed by atoms with Crippen LogP contribution < -0.4 is 10.6 Å². The van der Waals surface area contributed by atoms with Crippen LogP contribution in [0, 0.1) is 0 Å². The lowest BCUT2D eigenvalue weighted by Gasteiger charge is -2.13. The number of rotatable bonds is 8. The number of hydrogen-bond acceptors (Lipinski definition) is 3. The van der Waals surface area contributed by atoms with Crippen LogP contribution in [0.1, 0.15) is 40.0 Å². The molecule has 0 heterocycles. The molecule has 16 heavy (non-hydrogen) atoms. The molecule has 1 amide bonds. The number of nitrogens with one attached hydrogen (secondary N) is 2. The number of carboxylic acid groups (broad SMARTS) is 1. The highest BCUT2D eigenvalue weighted by molar-refractivity contribution is 5.76. The van der Waals surface area contributed by atoms with Crippen molar-refractivity contribution in [3.05, 3.63) is 0 Å². The van der Waals surface area contributed by atoms with Gasteiger partial charge >= 0.3 is 5.97 Å². The fourth-order valence-electron chi connectivity index (χ4n) is 1.36. The van der Waals surface area contributed by atoms with Crippen LogP contribution in [-0.2, 0) is 9.59 Å². The molecule has 0 saturated heterocycles. The predicted octanol–water partition coefficient (Wildman–Crippen LogP) is 0.744. The number of carbonyl (C=O) groups excluding carboxylic acids is 1. The molecule has 0 aliphatic heterocycles. The summed E-state index contributed by atoms with van der Waals surface area (Å²) in [6.07, 6.45) is 1.70. The second-order valence-corrected chi connectivity index (χ2v) is 4.11. The van der Waals surface area contributed by atoms with Gasteiger partial charge in [0.2, 0.25) is 5.91 Å². The van der Waals surface area contributed by atoms with Gasteiger partial charge in [0.1, 0.15) is 6.04 Å². The normalized spacial score (nSPS) is 12.5. The van der Waals surface area contributed by atoms with Crippen molar-refractivity contribution in [1.82, 2.24) is 10.6 Å². The van der Waals surface area contributed by atoms with Crippen molar-refractivity contribution in [2.75, 3.05) is 6.54 Å². The molecular weight excluding hydrogens is 208 g/mol. The molecule has 5 nitrogen and oxygen atoms in total. The van der Waals surface area contributed by atoms with Crippen LogP contribution in [0.3, 0.4) is 0 Å². The van der Waals surface area contributed by atoms with E-state index in [0.717, 1.165) is 6.42 Å². The molecular formula is C11H22N2O3. The summed E-state index contributed by atoms with van der Waals surface area (Å²) >= 11 is 0. The number of carboxylic acids is 1. The molecule has 94 valence electrons. The Bertz CT molecular complexity index is 229. The number of carbonyl (C=O) groups is 2. The Kier molecular flexibility index (Phi) is 7.54. The van der Waals surface area contributed by atoms with Gasteiger partial charge in [0, 0.05) is 19.0 Å². The zero-order chi connectivity index (χ0) is 12.6. The molecule has 5 heteroatoms. The molecule has 0 aliphatic rings. The third-order valence-electron chi connectivity index (χ3n) is 2.07. The van der Waals surface area contributed by atoms with Gasteiger partial charge in [-0.15, -0.1) is 0 Å². The van der Waals surface area contributed by atoms with Gasteiger partial charge in [-0.1, -0.05) is 13.3 Å². The van der Waals surface area contributed by atoms with Crippen LogP contribution in [0.5, 0.6) is 0 Å². The van der Waals surface area contributed by atoms with E-state index in [0.29, 0.717) is 19.4 Å². The van der Waals surface area contributed by atoms with Gasteiger partial charge in [-0.3, -0.25) is 9.59 Å². The summed E-state index contributed by atoms with van der Waals surface area (Å²) < 4.78 is 0. The second kappa shape index (κ2) is 8.10. The van der Waals surface area contributed by atoms with Crippen molar-refractivity contribution < 1.29 is 14.7 Å². The monoisotopic (exact) mass is 230 g/mol. The average molecular weight is 230 g/mol. The molecule has 3 N–H and O–H groups in total. The minimum Gasteiger partial charge on any atom is -0.480 e. The topological polar surface area (TPSA) is 78.4 Å². The van der Waals surface area contributed by atoms with Crippen molar-refractivity contribution in [2.24, 2.45) is 0 Å². The zero-order valence-corrected chi connectivity index (χ0v) is 10.2. The lowest BCUT2D eigenvalue weighted by Crippen LogP contribution is -2.39. The lowest BCUT2D eigenvalue weighted by atomic mass is 10.1. The van der Waals surface area contributed by atoms with E-state index >= 15 is 0 Å². The van der Waals surface area contributed by atoms with Crippen LogP contribution >= 0.6 is 0 Å². The first-order valence-corrected chi connectivity index (χ1v) is 5.73. The minimum atomic E-state index is -0.855. The molecule has 0 spiro atoms. The van der Waals surface area contributed by atoms with E-state index in [9.17, 15) is 9.59 Å². The van der Waals surface area contributed by atoms with Crippen molar-refractivity contribution in [1.29, 1.82) is 0 Å². The maximum Gasteiger partial charge on any atom is 0.320 e. The Morgan fingerprint density at radius 3 is 2.38 bits per heavy atom. The molecule has 0 aliphatic carbocycles. The van der Waals surface area contributed by atoms with Crippen LogP contribution in [0.4, 0.5) is 0 Å². The second-order valence-electron chi connectivity index (χ2n) is 4.11. The Balaban J connectivity index is 3.77. The highest BCUT2D eigenvalue weighted by Crippen LogP contribution is 1.96. The van der Waals surface area contributed by atoms with Gasteiger partial charge in [-0.25, -0.2) is 0 Å². The Morgan fingerprint density at radius 1 is 1.31 bits per heavy atom. The van der Waals surface area contributed by atoms with Gasteiger partial charge in [-0.05, 0) is 20.3 Å². The molecule has 0 rings (SSSR count). The van der Waals surface area contributed by atoms with Crippen LogP contribution in [0.15, 0.2) is 0 Å². The lowest BCUT2D eigenvalue weighted by molar-refractivity contribution is -0.139. The molecule has 0 saturated carbocycles. The quantitative estimate of drug-likeness (QED) is 0.575. The van der Waals surface area contributed by atoms with E-state index in [1.807, 2.05) is 20.8 Å². The third kappa shape index (κ3) is 7.23. The van der Waals surface area contributed by atoms with Gasteiger partial charge in [0.15, 0.2) is 0 Å². The fraction of sp³-hybridized carbons (Fsp3) is 0.818. The molecule has 0 radical (unpaired) electrons. The molecule has 0 fully saturated rings. The van der Waals surface area contributed by atoms with E-state index in [2.05, 4.69) is 10.6 Å².